The topological polar surface area (TPSA) is 67.3 Å². The van der Waals surface area contributed by atoms with E-state index in [0.29, 0.717) is 25.5 Å². The van der Waals surface area contributed by atoms with Crippen molar-refractivity contribution in [2.75, 3.05) is 18.5 Å². The summed E-state index contributed by atoms with van der Waals surface area (Å²) in [5.74, 6) is 1.54. The lowest BCUT2D eigenvalue weighted by molar-refractivity contribution is -0.0175. The van der Waals surface area contributed by atoms with E-state index in [1.54, 1.807) is 0 Å². The molecule has 1 aliphatic carbocycles. The van der Waals surface area contributed by atoms with Crippen LogP contribution >= 0.6 is 11.5 Å². The molecule has 2 atom stereocenters. The molecule has 3 rings (SSSR count). The highest BCUT2D eigenvalue weighted by Gasteiger charge is 2.39. The van der Waals surface area contributed by atoms with Gasteiger partial charge in [-0.05, 0) is 19.8 Å². The van der Waals surface area contributed by atoms with Crippen LogP contribution < -0.4 is 5.32 Å². The normalized spacial score (nSPS) is 32.9. The first-order chi connectivity index (χ1) is 8.17. The van der Waals surface area contributed by atoms with Crippen molar-refractivity contribution in [3.63, 3.8) is 0 Å². The van der Waals surface area contributed by atoms with Gasteiger partial charge in [-0.3, -0.25) is 0 Å². The predicted octanol–water partition coefficient (Wildman–Crippen LogP) is 1.37. The Morgan fingerprint density at radius 2 is 2.41 bits per heavy atom. The van der Waals surface area contributed by atoms with Crippen molar-refractivity contribution >= 4 is 16.7 Å². The van der Waals surface area contributed by atoms with E-state index in [-0.39, 0.29) is 6.10 Å². The fourth-order valence-corrected chi connectivity index (χ4v) is 2.69. The maximum absolute atomic E-state index is 10.3. The van der Waals surface area contributed by atoms with E-state index < -0.39 is 5.60 Å². The first-order valence-electron chi connectivity index (χ1n) is 6.09. The van der Waals surface area contributed by atoms with E-state index in [0.717, 1.165) is 11.0 Å². The van der Waals surface area contributed by atoms with Gasteiger partial charge in [0.1, 0.15) is 11.4 Å². The standard InChI is InChI=1S/C11H17N3O2S/c1-7-11(15,4-5-16-7)6-12-10-13-9(14-17-10)8-2-3-8/h7-8,15H,2-6H2,1H3,(H,12,13,14). The highest BCUT2D eigenvalue weighted by molar-refractivity contribution is 7.09. The zero-order valence-electron chi connectivity index (χ0n) is 9.85. The Morgan fingerprint density at radius 3 is 3.06 bits per heavy atom. The van der Waals surface area contributed by atoms with Crippen molar-refractivity contribution in [3.05, 3.63) is 5.82 Å². The maximum atomic E-state index is 10.3. The van der Waals surface area contributed by atoms with Crippen LogP contribution in [0.2, 0.25) is 0 Å². The summed E-state index contributed by atoms with van der Waals surface area (Å²) in [5.41, 5.74) is -0.772. The number of aliphatic hydroxyl groups is 1. The highest BCUT2D eigenvalue weighted by Crippen LogP contribution is 2.39. The van der Waals surface area contributed by atoms with Gasteiger partial charge in [-0.2, -0.15) is 4.37 Å². The van der Waals surface area contributed by atoms with Crippen LogP contribution in [-0.2, 0) is 4.74 Å². The third-order valence-electron chi connectivity index (χ3n) is 3.59. The Hall–Kier alpha value is -0.720. The second-order valence-corrected chi connectivity index (χ2v) is 5.70. The van der Waals surface area contributed by atoms with Crippen LogP contribution in [-0.4, -0.2) is 39.3 Å². The minimum Gasteiger partial charge on any atom is -0.385 e. The van der Waals surface area contributed by atoms with Crippen LogP contribution in [0.4, 0.5) is 5.13 Å². The minimum atomic E-state index is -0.772. The molecule has 5 nitrogen and oxygen atoms in total. The summed E-state index contributed by atoms with van der Waals surface area (Å²) < 4.78 is 9.71. The number of hydrogen-bond donors (Lipinski definition) is 2. The Morgan fingerprint density at radius 1 is 1.59 bits per heavy atom. The Labute approximate surface area is 104 Å². The van der Waals surface area contributed by atoms with Crippen molar-refractivity contribution in [2.45, 2.75) is 43.8 Å². The molecular weight excluding hydrogens is 238 g/mol. The molecule has 94 valence electrons. The Bertz CT molecular complexity index is 407. The first-order valence-corrected chi connectivity index (χ1v) is 6.86. The predicted molar refractivity (Wildman–Crippen MR) is 65.4 cm³/mol. The summed E-state index contributed by atoms with van der Waals surface area (Å²) >= 11 is 1.38. The number of hydrogen-bond acceptors (Lipinski definition) is 6. The van der Waals surface area contributed by atoms with E-state index >= 15 is 0 Å². The first kappa shape index (κ1) is 11.4. The molecule has 17 heavy (non-hydrogen) atoms. The number of nitrogens with zero attached hydrogens (tertiary/aromatic N) is 2. The molecule has 1 aliphatic heterocycles. The zero-order chi connectivity index (χ0) is 11.9. The summed E-state index contributed by atoms with van der Waals surface area (Å²) in [6.45, 7) is 3.01. The van der Waals surface area contributed by atoms with Gasteiger partial charge in [-0.25, -0.2) is 4.98 Å². The van der Waals surface area contributed by atoms with E-state index in [2.05, 4.69) is 14.7 Å². The number of ether oxygens (including phenoxy) is 1. The Balaban J connectivity index is 1.59. The average molecular weight is 255 g/mol. The van der Waals surface area contributed by atoms with Gasteiger partial charge in [0.15, 0.2) is 0 Å². The van der Waals surface area contributed by atoms with Crippen LogP contribution in [0.5, 0.6) is 0 Å². The van der Waals surface area contributed by atoms with Crippen molar-refractivity contribution in [2.24, 2.45) is 0 Å². The van der Waals surface area contributed by atoms with E-state index in [1.807, 2.05) is 6.92 Å². The number of nitrogens with one attached hydrogen (secondary N) is 1. The maximum Gasteiger partial charge on any atom is 0.202 e. The van der Waals surface area contributed by atoms with Gasteiger partial charge in [0, 0.05) is 37.0 Å². The smallest absolute Gasteiger partial charge is 0.202 e. The molecule has 2 unspecified atom stereocenters. The van der Waals surface area contributed by atoms with Gasteiger partial charge >= 0.3 is 0 Å². The van der Waals surface area contributed by atoms with Crippen molar-refractivity contribution in [1.29, 1.82) is 0 Å². The van der Waals surface area contributed by atoms with Crippen LogP contribution in [0.15, 0.2) is 0 Å². The molecule has 0 radical (unpaired) electrons. The van der Waals surface area contributed by atoms with Gasteiger partial charge < -0.3 is 15.2 Å². The second-order valence-electron chi connectivity index (χ2n) is 4.95. The van der Waals surface area contributed by atoms with Crippen LogP contribution in [0, 0.1) is 0 Å². The van der Waals surface area contributed by atoms with E-state index in [9.17, 15) is 5.11 Å². The molecule has 0 spiro atoms. The van der Waals surface area contributed by atoms with E-state index in [4.69, 9.17) is 4.74 Å². The monoisotopic (exact) mass is 255 g/mol. The zero-order valence-corrected chi connectivity index (χ0v) is 10.7. The molecule has 1 aromatic rings. The molecule has 2 heterocycles. The van der Waals surface area contributed by atoms with Gasteiger partial charge in [0.2, 0.25) is 5.13 Å². The van der Waals surface area contributed by atoms with E-state index in [1.165, 1.54) is 24.4 Å². The molecule has 1 saturated heterocycles. The van der Waals surface area contributed by atoms with Gasteiger partial charge in [-0.15, -0.1) is 0 Å². The second kappa shape index (κ2) is 4.19. The largest absolute Gasteiger partial charge is 0.385 e. The van der Waals surface area contributed by atoms with Crippen molar-refractivity contribution in [3.8, 4) is 0 Å². The molecule has 2 fully saturated rings. The summed E-state index contributed by atoms with van der Waals surface area (Å²) in [6, 6.07) is 0. The van der Waals surface area contributed by atoms with Crippen LogP contribution in [0.1, 0.15) is 37.9 Å². The van der Waals surface area contributed by atoms with Crippen LogP contribution in [0.25, 0.3) is 0 Å². The quantitative estimate of drug-likeness (QED) is 0.850. The molecule has 2 N–H and O–H groups in total. The fraction of sp³-hybridized carbons (Fsp3) is 0.818. The highest BCUT2D eigenvalue weighted by atomic mass is 32.1. The average Bonchev–Trinajstić information content (AvgIpc) is 2.97. The lowest BCUT2D eigenvalue weighted by Crippen LogP contribution is -2.43. The Kier molecular flexibility index (Phi) is 2.80. The van der Waals surface area contributed by atoms with Gasteiger partial charge in [-0.1, -0.05) is 0 Å². The molecule has 2 aliphatic rings. The fourth-order valence-electron chi connectivity index (χ4n) is 2.05. The van der Waals surface area contributed by atoms with Gasteiger partial charge in [0.05, 0.1) is 6.10 Å². The molecule has 6 heteroatoms. The molecule has 0 amide bonds. The minimum absolute atomic E-state index is 0.120. The number of aromatic nitrogens is 2. The molecule has 0 aromatic carbocycles. The lowest BCUT2D eigenvalue weighted by Gasteiger charge is -2.25. The molecule has 1 aromatic heterocycles. The third-order valence-corrected chi connectivity index (χ3v) is 4.28. The molecule has 0 bridgehead atoms. The summed E-state index contributed by atoms with van der Waals surface area (Å²) in [7, 11) is 0. The SMILES string of the molecule is CC1OCCC1(O)CNc1nc(C2CC2)ns1. The van der Waals surface area contributed by atoms with Crippen molar-refractivity contribution in [1.82, 2.24) is 9.36 Å². The summed E-state index contributed by atoms with van der Waals surface area (Å²) in [4.78, 5) is 4.43. The molecule has 1 saturated carbocycles. The summed E-state index contributed by atoms with van der Waals surface area (Å²) in [5, 5.41) is 14.3. The number of anilines is 1. The number of rotatable bonds is 4. The molecular formula is C11H17N3O2S. The summed E-state index contributed by atoms with van der Waals surface area (Å²) in [6.07, 6.45) is 2.98. The van der Waals surface area contributed by atoms with Crippen molar-refractivity contribution < 1.29 is 9.84 Å². The lowest BCUT2D eigenvalue weighted by atomic mass is 9.97. The third kappa shape index (κ3) is 2.29. The van der Waals surface area contributed by atoms with Crippen LogP contribution in [0.3, 0.4) is 0 Å². The van der Waals surface area contributed by atoms with Gasteiger partial charge in [0.25, 0.3) is 0 Å².